The molecular weight excluding hydrogens is 516 g/mol. The van der Waals surface area contributed by atoms with Crippen LogP contribution in [0.3, 0.4) is 0 Å². The summed E-state index contributed by atoms with van der Waals surface area (Å²) in [5, 5.41) is 0. The third kappa shape index (κ3) is 28.9. The number of imide groups is 1. The largest absolute Gasteiger partial charge is 0.329 e. The standard InChI is InChI=1S/C38H74N2O2/c1-3-5-7-9-11-13-15-17-19-21-23-25-27-29-31-33-37(41)40(36-35-39)38(42)34-32-30-28-26-24-22-20-18-16-14-12-10-8-6-4-2/h17,19H,3-16,18,20-36,39H2,1-2H3/b19-17-. The van der Waals surface area contributed by atoms with Crippen LogP contribution in [0.25, 0.3) is 0 Å². The summed E-state index contributed by atoms with van der Waals surface area (Å²) in [5.41, 5.74) is 5.72. The van der Waals surface area contributed by atoms with Crippen molar-refractivity contribution in [3.8, 4) is 0 Å². The van der Waals surface area contributed by atoms with Gasteiger partial charge in [0.1, 0.15) is 0 Å². The van der Waals surface area contributed by atoms with Gasteiger partial charge in [-0.3, -0.25) is 14.5 Å². The van der Waals surface area contributed by atoms with E-state index in [1.54, 1.807) is 0 Å². The average Bonchev–Trinajstić information content (AvgIpc) is 2.99. The van der Waals surface area contributed by atoms with Crippen molar-refractivity contribution in [3.63, 3.8) is 0 Å². The highest BCUT2D eigenvalue weighted by molar-refractivity contribution is 5.95. The first kappa shape index (κ1) is 40.8. The van der Waals surface area contributed by atoms with Crippen molar-refractivity contribution in [1.29, 1.82) is 0 Å². The van der Waals surface area contributed by atoms with E-state index in [-0.39, 0.29) is 11.8 Å². The molecule has 0 heterocycles. The number of carbonyl (C=O) groups excluding carboxylic acids is 2. The summed E-state index contributed by atoms with van der Waals surface area (Å²) in [6.45, 7) is 5.26. The van der Waals surface area contributed by atoms with E-state index in [0.29, 0.717) is 25.9 Å². The maximum atomic E-state index is 12.7. The lowest BCUT2D eigenvalue weighted by atomic mass is 10.0. The maximum absolute atomic E-state index is 12.7. The van der Waals surface area contributed by atoms with Crippen LogP contribution in [0.15, 0.2) is 12.2 Å². The fourth-order valence-electron chi connectivity index (χ4n) is 5.78. The van der Waals surface area contributed by atoms with Gasteiger partial charge in [0.05, 0.1) is 0 Å². The summed E-state index contributed by atoms with van der Waals surface area (Å²) in [4.78, 5) is 26.9. The van der Waals surface area contributed by atoms with Crippen molar-refractivity contribution in [2.24, 2.45) is 5.73 Å². The van der Waals surface area contributed by atoms with Gasteiger partial charge in [0, 0.05) is 25.9 Å². The second kappa shape index (κ2) is 34.3. The third-order valence-corrected chi connectivity index (χ3v) is 8.60. The number of carbonyl (C=O) groups is 2. The minimum Gasteiger partial charge on any atom is -0.329 e. The van der Waals surface area contributed by atoms with Crippen LogP contribution in [0, 0.1) is 0 Å². The molecule has 0 aliphatic rings. The molecule has 0 saturated carbocycles. The van der Waals surface area contributed by atoms with Gasteiger partial charge in [-0.15, -0.1) is 0 Å². The number of hydrogen-bond acceptors (Lipinski definition) is 3. The predicted octanol–water partition coefficient (Wildman–Crippen LogP) is 11.6. The molecule has 0 rings (SSSR count). The Morgan fingerprint density at radius 3 is 1.05 bits per heavy atom. The van der Waals surface area contributed by atoms with Gasteiger partial charge < -0.3 is 5.73 Å². The van der Waals surface area contributed by atoms with E-state index < -0.39 is 0 Å². The first-order valence-corrected chi connectivity index (χ1v) is 18.9. The molecule has 2 N–H and O–H groups in total. The fourth-order valence-corrected chi connectivity index (χ4v) is 5.78. The van der Waals surface area contributed by atoms with Crippen molar-refractivity contribution in [3.05, 3.63) is 12.2 Å². The number of amides is 2. The van der Waals surface area contributed by atoms with Crippen LogP contribution in [0.2, 0.25) is 0 Å². The molecule has 0 aromatic carbocycles. The summed E-state index contributed by atoms with van der Waals surface area (Å²) in [6.07, 6.45) is 41.5. The molecule has 0 atom stereocenters. The number of nitrogens with zero attached hydrogens (tertiary/aromatic N) is 1. The van der Waals surface area contributed by atoms with Crippen LogP contribution >= 0.6 is 0 Å². The van der Waals surface area contributed by atoms with Gasteiger partial charge >= 0.3 is 0 Å². The molecule has 0 aliphatic carbocycles. The SMILES string of the molecule is CCCCCCCC/C=C\CCCCCCCC(=O)N(CCN)C(=O)CCCCCCCCCCCCCCCCC. The molecule has 0 aromatic heterocycles. The Balaban J connectivity index is 3.69. The summed E-state index contributed by atoms with van der Waals surface area (Å²) >= 11 is 0. The van der Waals surface area contributed by atoms with Gasteiger partial charge in [-0.1, -0.05) is 167 Å². The van der Waals surface area contributed by atoms with Crippen LogP contribution in [0.1, 0.15) is 206 Å². The van der Waals surface area contributed by atoms with Crippen molar-refractivity contribution in [2.75, 3.05) is 13.1 Å². The first-order chi connectivity index (χ1) is 20.7. The minimum absolute atomic E-state index is 0.0205. The average molecular weight is 591 g/mol. The van der Waals surface area contributed by atoms with E-state index in [1.807, 2.05) is 0 Å². The van der Waals surface area contributed by atoms with Crippen LogP contribution < -0.4 is 5.73 Å². The molecule has 0 aromatic rings. The van der Waals surface area contributed by atoms with E-state index in [0.717, 1.165) is 25.7 Å². The number of rotatable bonds is 33. The minimum atomic E-state index is -0.0240. The highest BCUT2D eigenvalue weighted by Crippen LogP contribution is 2.15. The summed E-state index contributed by atoms with van der Waals surface area (Å²) in [5.74, 6) is -0.0445. The predicted molar refractivity (Wildman–Crippen MR) is 185 cm³/mol. The van der Waals surface area contributed by atoms with Crippen molar-refractivity contribution < 1.29 is 9.59 Å². The Kier molecular flexibility index (Phi) is 33.4. The van der Waals surface area contributed by atoms with Crippen LogP contribution in [-0.2, 0) is 9.59 Å². The molecular formula is C38H74N2O2. The Morgan fingerprint density at radius 2 is 0.738 bits per heavy atom. The second-order valence-corrected chi connectivity index (χ2v) is 12.8. The Hall–Kier alpha value is -1.16. The number of allylic oxidation sites excluding steroid dienone is 2. The van der Waals surface area contributed by atoms with Crippen molar-refractivity contribution in [1.82, 2.24) is 4.90 Å². The highest BCUT2D eigenvalue weighted by Gasteiger charge is 2.19. The molecule has 0 fully saturated rings. The topological polar surface area (TPSA) is 63.4 Å². The molecule has 0 saturated heterocycles. The molecule has 0 radical (unpaired) electrons. The Labute approximate surface area is 263 Å². The van der Waals surface area contributed by atoms with Gasteiger partial charge in [-0.2, -0.15) is 0 Å². The Morgan fingerprint density at radius 1 is 0.452 bits per heavy atom. The smallest absolute Gasteiger partial charge is 0.229 e. The van der Waals surface area contributed by atoms with Crippen LogP contribution in [0.4, 0.5) is 0 Å². The first-order valence-electron chi connectivity index (χ1n) is 18.9. The number of nitrogens with two attached hydrogens (primary N) is 1. The van der Waals surface area contributed by atoms with E-state index in [2.05, 4.69) is 26.0 Å². The zero-order chi connectivity index (χ0) is 30.8. The molecule has 42 heavy (non-hydrogen) atoms. The lowest BCUT2D eigenvalue weighted by molar-refractivity contribution is -0.144. The molecule has 4 heteroatoms. The fraction of sp³-hybridized carbons (Fsp3) is 0.895. The van der Waals surface area contributed by atoms with E-state index in [1.165, 1.54) is 159 Å². The van der Waals surface area contributed by atoms with Gasteiger partial charge in [-0.05, 0) is 38.5 Å². The molecule has 248 valence electrons. The lowest BCUT2D eigenvalue weighted by Crippen LogP contribution is -2.40. The molecule has 2 amide bonds. The zero-order valence-electron chi connectivity index (χ0n) is 28.6. The quantitative estimate of drug-likeness (QED) is 0.0610. The van der Waals surface area contributed by atoms with Gasteiger partial charge in [-0.25, -0.2) is 0 Å². The normalized spacial score (nSPS) is 11.5. The summed E-state index contributed by atoms with van der Waals surface area (Å²) in [7, 11) is 0. The van der Waals surface area contributed by atoms with E-state index in [4.69, 9.17) is 5.73 Å². The molecule has 4 nitrogen and oxygen atoms in total. The third-order valence-electron chi connectivity index (χ3n) is 8.60. The lowest BCUT2D eigenvalue weighted by Gasteiger charge is -2.20. The Bertz CT molecular complexity index is 604. The second-order valence-electron chi connectivity index (χ2n) is 12.8. The van der Waals surface area contributed by atoms with Crippen LogP contribution in [0.5, 0.6) is 0 Å². The molecule has 0 unspecified atom stereocenters. The monoisotopic (exact) mass is 591 g/mol. The van der Waals surface area contributed by atoms with Gasteiger partial charge in [0.2, 0.25) is 11.8 Å². The summed E-state index contributed by atoms with van der Waals surface area (Å²) in [6, 6.07) is 0. The van der Waals surface area contributed by atoms with E-state index in [9.17, 15) is 9.59 Å². The van der Waals surface area contributed by atoms with Crippen LogP contribution in [-0.4, -0.2) is 29.8 Å². The zero-order valence-corrected chi connectivity index (χ0v) is 28.6. The van der Waals surface area contributed by atoms with Crippen molar-refractivity contribution in [2.45, 2.75) is 206 Å². The van der Waals surface area contributed by atoms with Crippen molar-refractivity contribution >= 4 is 11.8 Å². The highest BCUT2D eigenvalue weighted by atomic mass is 16.2. The summed E-state index contributed by atoms with van der Waals surface area (Å²) < 4.78 is 0. The van der Waals surface area contributed by atoms with Gasteiger partial charge in [0.15, 0.2) is 0 Å². The number of hydrogen-bond donors (Lipinski definition) is 1. The van der Waals surface area contributed by atoms with Gasteiger partial charge in [0.25, 0.3) is 0 Å². The maximum Gasteiger partial charge on any atom is 0.229 e. The number of unbranched alkanes of at least 4 members (excludes halogenated alkanes) is 25. The molecule has 0 spiro atoms. The van der Waals surface area contributed by atoms with E-state index >= 15 is 0 Å². The molecule has 0 bridgehead atoms. The molecule has 0 aliphatic heterocycles.